The van der Waals surface area contributed by atoms with Gasteiger partial charge >= 0.3 is 12.1 Å². The van der Waals surface area contributed by atoms with Gasteiger partial charge in [0.1, 0.15) is 13.2 Å². The lowest BCUT2D eigenvalue weighted by molar-refractivity contribution is -0.368. The van der Waals surface area contributed by atoms with E-state index in [0.29, 0.717) is 19.7 Å². The molecule has 10 nitrogen and oxygen atoms in total. The highest BCUT2D eigenvalue weighted by atomic mass is 16.6. The van der Waals surface area contributed by atoms with E-state index < -0.39 is 12.1 Å². The first-order valence-electron chi connectivity index (χ1n) is 12.0. The van der Waals surface area contributed by atoms with Crippen molar-refractivity contribution in [1.29, 1.82) is 0 Å². The number of benzene rings is 2. The maximum atomic E-state index is 12.8. The summed E-state index contributed by atoms with van der Waals surface area (Å²) in [7, 11) is 0. The van der Waals surface area contributed by atoms with Gasteiger partial charge in [-0.05, 0) is 22.3 Å². The van der Waals surface area contributed by atoms with Crippen molar-refractivity contribution in [3.05, 3.63) is 59.7 Å². The van der Waals surface area contributed by atoms with E-state index in [0.717, 1.165) is 22.3 Å². The van der Waals surface area contributed by atoms with Gasteiger partial charge in [0.15, 0.2) is 0 Å². The van der Waals surface area contributed by atoms with E-state index in [2.05, 4.69) is 35.3 Å². The first kappa shape index (κ1) is 27.1. The van der Waals surface area contributed by atoms with Crippen molar-refractivity contribution in [3.8, 4) is 11.1 Å². The molecular weight excluding hydrogens is 466 g/mol. The summed E-state index contributed by atoms with van der Waals surface area (Å²) in [6.45, 7) is 2.05. The molecule has 2 amide bonds. The number of amides is 2. The van der Waals surface area contributed by atoms with Crippen molar-refractivity contribution >= 4 is 18.0 Å². The van der Waals surface area contributed by atoms with Crippen LogP contribution < -0.4 is 11.1 Å². The Kier molecular flexibility index (Phi) is 10.7. The van der Waals surface area contributed by atoms with Gasteiger partial charge in [0.25, 0.3) is 0 Å². The lowest BCUT2D eigenvalue weighted by Gasteiger charge is -2.22. The van der Waals surface area contributed by atoms with E-state index in [1.165, 1.54) is 4.90 Å². The Bertz CT molecular complexity index is 985. The summed E-state index contributed by atoms with van der Waals surface area (Å²) in [4.78, 5) is 36.9. The average molecular weight is 501 g/mol. The number of rotatable bonds is 15. The smallest absolute Gasteiger partial charge is 0.410 e. The molecule has 0 aromatic heterocycles. The molecule has 0 fully saturated rings. The molecule has 2 aromatic carbocycles. The fraction of sp³-hybridized carbons (Fsp3) is 0.423. The van der Waals surface area contributed by atoms with Crippen LogP contribution in [-0.4, -0.2) is 87.2 Å². The number of nitrogens with one attached hydrogen (secondary N) is 1. The van der Waals surface area contributed by atoms with Gasteiger partial charge in [0, 0.05) is 12.5 Å². The average Bonchev–Trinajstić information content (AvgIpc) is 3.19. The first-order valence-corrected chi connectivity index (χ1v) is 12.0. The van der Waals surface area contributed by atoms with Crippen molar-refractivity contribution in [2.45, 2.75) is 12.3 Å². The number of hydrogen-bond acceptors (Lipinski definition) is 6. The number of carbonyl (C=O) groups excluding carboxylic acids is 2. The monoisotopic (exact) mass is 500 g/mol. The van der Waals surface area contributed by atoms with E-state index in [9.17, 15) is 14.4 Å². The van der Waals surface area contributed by atoms with Gasteiger partial charge in [-0.25, -0.2) is 4.79 Å². The third-order valence-electron chi connectivity index (χ3n) is 5.76. The molecule has 0 saturated heterocycles. The molecule has 3 rings (SSSR count). The molecule has 36 heavy (non-hydrogen) atoms. The molecular formula is C26H34N3O7+. The van der Waals surface area contributed by atoms with E-state index in [4.69, 9.17) is 19.3 Å². The Hall–Kier alpha value is -3.47. The lowest BCUT2D eigenvalue weighted by Crippen LogP contribution is -2.56. The highest BCUT2D eigenvalue weighted by Gasteiger charge is 2.30. The Morgan fingerprint density at radius 1 is 0.917 bits per heavy atom. The Morgan fingerprint density at radius 2 is 1.53 bits per heavy atom. The predicted molar refractivity (Wildman–Crippen MR) is 131 cm³/mol. The second-order valence-electron chi connectivity index (χ2n) is 8.30. The number of fused-ring (bicyclic) bond motifs is 3. The van der Waals surface area contributed by atoms with Gasteiger partial charge < -0.3 is 30.4 Å². The summed E-state index contributed by atoms with van der Waals surface area (Å²) < 4.78 is 16.1. The molecule has 10 heteroatoms. The van der Waals surface area contributed by atoms with E-state index in [1.54, 1.807) is 0 Å². The van der Waals surface area contributed by atoms with E-state index in [-0.39, 0.29) is 57.8 Å². The maximum absolute atomic E-state index is 12.8. The van der Waals surface area contributed by atoms with Crippen LogP contribution in [0.25, 0.3) is 11.1 Å². The van der Waals surface area contributed by atoms with Crippen LogP contribution in [0.1, 0.15) is 23.5 Å². The zero-order valence-electron chi connectivity index (χ0n) is 20.3. The second kappa shape index (κ2) is 14.2. The molecule has 0 atom stereocenters. The summed E-state index contributed by atoms with van der Waals surface area (Å²) in [5, 5.41) is 11.2. The molecule has 1 aliphatic rings. The second-order valence-corrected chi connectivity index (χ2v) is 8.30. The third kappa shape index (κ3) is 7.77. The molecule has 0 heterocycles. The van der Waals surface area contributed by atoms with Gasteiger partial charge in [-0.1, -0.05) is 48.5 Å². The molecule has 0 saturated carbocycles. The summed E-state index contributed by atoms with van der Waals surface area (Å²) in [5.41, 5.74) is 8.34. The van der Waals surface area contributed by atoms with Gasteiger partial charge in [0.05, 0.1) is 45.9 Å². The molecule has 1 aliphatic carbocycles. The van der Waals surface area contributed by atoms with E-state index >= 15 is 0 Å². The third-order valence-corrected chi connectivity index (χ3v) is 5.76. The lowest BCUT2D eigenvalue weighted by atomic mass is 9.98. The molecule has 0 spiro atoms. The van der Waals surface area contributed by atoms with Crippen molar-refractivity contribution < 1.29 is 39.4 Å². The Morgan fingerprint density at radius 3 is 2.14 bits per heavy atom. The fourth-order valence-corrected chi connectivity index (χ4v) is 4.08. The highest BCUT2D eigenvalue weighted by Crippen LogP contribution is 2.44. The predicted octanol–water partition coefficient (Wildman–Crippen LogP) is 1.10. The van der Waals surface area contributed by atoms with Crippen molar-refractivity contribution in [1.82, 2.24) is 10.2 Å². The van der Waals surface area contributed by atoms with Crippen molar-refractivity contribution in [2.24, 2.45) is 0 Å². The number of quaternary nitrogens is 1. The minimum Gasteiger partial charge on any atom is -0.481 e. The van der Waals surface area contributed by atoms with Crippen LogP contribution in [0.15, 0.2) is 48.5 Å². The Balaban J connectivity index is 1.41. The normalized spacial score (nSPS) is 12.0. The van der Waals surface area contributed by atoms with Gasteiger partial charge in [0.2, 0.25) is 5.91 Å². The SMILES string of the molecule is [NH3+]CCN(CC(=O)NCCOCCOCCC(=O)O)C(=O)OCC1c2ccccc2-c2ccccc21. The highest BCUT2D eigenvalue weighted by molar-refractivity contribution is 5.82. The van der Waals surface area contributed by atoms with Crippen LogP contribution in [0.3, 0.4) is 0 Å². The summed E-state index contributed by atoms with van der Waals surface area (Å²) in [5.74, 6) is -1.29. The first-order chi connectivity index (χ1) is 17.5. The minimum absolute atomic E-state index is 0.0521. The summed E-state index contributed by atoms with van der Waals surface area (Å²) in [6.07, 6.45) is -0.603. The zero-order valence-corrected chi connectivity index (χ0v) is 20.3. The number of carbonyl (C=O) groups is 3. The molecule has 0 unspecified atom stereocenters. The number of ether oxygens (including phenoxy) is 3. The summed E-state index contributed by atoms with van der Waals surface area (Å²) >= 11 is 0. The van der Waals surface area contributed by atoms with E-state index in [1.807, 2.05) is 24.3 Å². The standard InChI is InChI=1S/C26H33N3O7/c27-10-12-29(17-24(30)28-11-14-35-16-15-34-13-9-25(31)32)26(33)36-18-23-21-7-3-1-5-19(21)20-6-2-4-8-22(20)23/h1-8,23H,9-18,27H2,(H,28,30)(H,31,32)/p+1. The number of carboxylic acid groups (broad SMARTS) is 1. The molecule has 0 aliphatic heterocycles. The fourth-order valence-electron chi connectivity index (χ4n) is 4.08. The molecule has 194 valence electrons. The van der Waals surface area contributed by atoms with Crippen LogP contribution in [0, 0.1) is 0 Å². The molecule has 0 bridgehead atoms. The van der Waals surface area contributed by atoms with Crippen LogP contribution in [0.5, 0.6) is 0 Å². The number of hydrogen-bond donors (Lipinski definition) is 3. The van der Waals surface area contributed by atoms with Crippen molar-refractivity contribution in [2.75, 3.05) is 59.2 Å². The van der Waals surface area contributed by atoms with Crippen LogP contribution in [0.2, 0.25) is 0 Å². The van der Waals surface area contributed by atoms with Crippen LogP contribution in [-0.2, 0) is 23.8 Å². The zero-order chi connectivity index (χ0) is 25.8. The largest absolute Gasteiger partial charge is 0.481 e. The number of carboxylic acids is 1. The van der Waals surface area contributed by atoms with Crippen LogP contribution >= 0.6 is 0 Å². The maximum Gasteiger partial charge on any atom is 0.410 e. The molecule has 0 radical (unpaired) electrons. The number of aliphatic carboxylic acids is 1. The topological polar surface area (TPSA) is 142 Å². The molecule has 5 N–H and O–H groups in total. The van der Waals surface area contributed by atoms with Gasteiger partial charge in [-0.2, -0.15) is 0 Å². The number of nitrogens with zero attached hydrogens (tertiary/aromatic N) is 1. The van der Waals surface area contributed by atoms with Gasteiger partial charge in [-0.15, -0.1) is 0 Å². The summed E-state index contributed by atoms with van der Waals surface area (Å²) in [6, 6.07) is 16.2. The van der Waals surface area contributed by atoms with Crippen LogP contribution in [0.4, 0.5) is 4.79 Å². The molecule has 2 aromatic rings. The van der Waals surface area contributed by atoms with Crippen molar-refractivity contribution in [3.63, 3.8) is 0 Å². The minimum atomic E-state index is -0.912. The quantitative estimate of drug-likeness (QED) is 0.311. The Labute approximate surface area is 210 Å². The van der Waals surface area contributed by atoms with Gasteiger partial charge in [-0.3, -0.25) is 14.5 Å².